The van der Waals surface area contributed by atoms with Crippen molar-refractivity contribution in [1.29, 1.82) is 0 Å². The zero-order valence-electron chi connectivity index (χ0n) is 12.5. The highest BCUT2D eigenvalue weighted by Gasteiger charge is 2.09. The van der Waals surface area contributed by atoms with E-state index in [1.807, 2.05) is 6.92 Å². The fourth-order valence-corrected chi connectivity index (χ4v) is 2.54. The standard InChI is InChI=1S/C17H16Cl2N2O2/c1-2-4-16(22)20-14-5-3-6-15(10-14)21-17(23)11-7-12(18)9-13(19)8-11/h3,5-10H,2,4H2,1H3,(H,20,22)(H,21,23). The van der Waals surface area contributed by atoms with Crippen LogP contribution in [0.25, 0.3) is 0 Å². The van der Waals surface area contributed by atoms with Gasteiger partial charge >= 0.3 is 0 Å². The fraction of sp³-hybridized carbons (Fsp3) is 0.176. The van der Waals surface area contributed by atoms with E-state index in [1.54, 1.807) is 30.3 Å². The van der Waals surface area contributed by atoms with Crippen molar-refractivity contribution in [2.75, 3.05) is 10.6 Å². The van der Waals surface area contributed by atoms with Crippen LogP contribution in [0, 0.1) is 0 Å². The Morgan fingerprint density at radius 1 is 0.957 bits per heavy atom. The van der Waals surface area contributed by atoms with Crippen LogP contribution in [-0.4, -0.2) is 11.8 Å². The van der Waals surface area contributed by atoms with Gasteiger partial charge in [0, 0.05) is 33.4 Å². The lowest BCUT2D eigenvalue weighted by atomic mass is 10.2. The van der Waals surface area contributed by atoms with Crippen molar-refractivity contribution in [3.8, 4) is 0 Å². The van der Waals surface area contributed by atoms with Gasteiger partial charge in [-0.05, 0) is 42.8 Å². The first-order chi connectivity index (χ1) is 11.0. The number of rotatable bonds is 5. The number of carbonyl (C=O) groups excluding carboxylic acids is 2. The zero-order chi connectivity index (χ0) is 16.8. The summed E-state index contributed by atoms with van der Waals surface area (Å²) in [5.74, 6) is -0.385. The predicted octanol–water partition coefficient (Wildman–Crippen LogP) is 4.98. The second-order valence-corrected chi connectivity index (χ2v) is 5.86. The maximum Gasteiger partial charge on any atom is 0.255 e. The Morgan fingerprint density at radius 2 is 1.57 bits per heavy atom. The Hall–Kier alpha value is -2.04. The van der Waals surface area contributed by atoms with Gasteiger partial charge in [0.05, 0.1) is 0 Å². The summed E-state index contributed by atoms with van der Waals surface area (Å²) in [7, 11) is 0. The smallest absolute Gasteiger partial charge is 0.255 e. The summed E-state index contributed by atoms with van der Waals surface area (Å²) in [5.41, 5.74) is 1.56. The van der Waals surface area contributed by atoms with Crippen LogP contribution in [-0.2, 0) is 4.79 Å². The molecule has 0 saturated carbocycles. The summed E-state index contributed by atoms with van der Waals surface area (Å²) in [4.78, 5) is 23.9. The molecule has 0 aliphatic heterocycles. The van der Waals surface area contributed by atoms with Gasteiger partial charge in [-0.1, -0.05) is 36.2 Å². The minimum atomic E-state index is -0.327. The molecule has 2 amide bonds. The number of halogens is 2. The van der Waals surface area contributed by atoms with Gasteiger partial charge in [0.25, 0.3) is 5.91 Å². The average molecular weight is 351 g/mol. The summed E-state index contributed by atoms with van der Waals surface area (Å²) < 4.78 is 0. The number of nitrogens with one attached hydrogen (secondary N) is 2. The molecule has 23 heavy (non-hydrogen) atoms. The maximum atomic E-state index is 12.2. The Kier molecular flexibility index (Phi) is 6.02. The Bertz CT molecular complexity index is 712. The lowest BCUT2D eigenvalue weighted by Crippen LogP contribution is -2.13. The molecule has 0 aliphatic carbocycles. The monoisotopic (exact) mass is 350 g/mol. The lowest BCUT2D eigenvalue weighted by molar-refractivity contribution is -0.116. The number of carbonyl (C=O) groups is 2. The van der Waals surface area contributed by atoms with Crippen molar-refractivity contribution in [3.05, 3.63) is 58.1 Å². The highest BCUT2D eigenvalue weighted by molar-refractivity contribution is 6.35. The minimum Gasteiger partial charge on any atom is -0.326 e. The first-order valence-corrected chi connectivity index (χ1v) is 7.91. The third-order valence-electron chi connectivity index (χ3n) is 3.01. The van der Waals surface area contributed by atoms with Crippen molar-refractivity contribution in [2.24, 2.45) is 0 Å². The predicted molar refractivity (Wildman–Crippen MR) is 94.4 cm³/mol. The quantitative estimate of drug-likeness (QED) is 0.798. The van der Waals surface area contributed by atoms with Crippen LogP contribution in [0.15, 0.2) is 42.5 Å². The van der Waals surface area contributed by atoms with Crippen LogP contribution in [0.2, 0.25) is 10.0 Å². The van der Waals surface area contributed by atoms with Gasteiger partial charge in [-0.25, -0.2) is 0 Å². The van der Waals surface area contributed by atoms with Crippen molar-refractivity contribution < 1.29 is 9.59 Å². The molecule has 0 aliphatic rings. The van der Waals surface area contributed by atoms with Gasteiger partial charge in [-0.3, -0.25) is 9.59 Å². The molecule has 0 atom stereocenters. The molecule has 2 aromatic rings. The van der Waals surface area contributed by atoms with E-state index >= 15 is 0 Å². The second-order valence-electron chi connectivity index (χ2n) is 4.99. The maximum absolute atomic E-state index is 12.2. The summed E-state index contributed by atoms with van der Waals surface area (Å²) in [6, 6.07) is 11.6. The molecule has 0 fully saturated rings. The molecule has 0 heterocycles. The van der Waals surface area contributed by atoms with Crippen LogP contribution >= 0.6 is 23.2 Å². The van der Waals surface area contributed by atoms with Crippen LogP contribution in [0.4, 0.5) is 11.4 Å². The molecule has 2 rings (SSSR count). The molecule has 120 valence electrons. The molecule has 0 aromatic heterocycles. The molecular formula is C17H16Cl2N2O2. The van der Waals surface area contributed by atoms with E-state index in [4.69, 9.17) is 23.2 Å². The highest BCUT2D eigenvalue weighted by Crippen LogP contribution is 2.21. The Balaban J connectivity index is 2.10. The van der Waals surface area contributed by atoms with Crippen LogP contribution < -0.4 is 10.6 Å². The van der Waals surface area contributed by atoms with Gasteiger partial charge in [0.1, 0.15) is 0 Å². The fourth-order valence-electron chi connectivity index (χ4n) is 2.01. The van der Waals surface area contributed by atoms with Crippen LogP contribution in [0.3, 0.4) is 0 Å². The molecule has 0 spiro atoms. The molecule has 6 heteroatoms. The molecule has 0 radical (unpaired) electrons. The molecule has 2 N–H and O–H groups in total. The van der Waals surface area contributed by atoms with E-state index < -0.39 is 0 Å². The van der Waals surface area contributed by atoms with Crippen molar-refractivity contribution in [2.45, 2.75) is 19.8 Å². The molecule has 2 aromatic carbocycles. The van der Waals surface area contributed by atoms with Crippen molar-refractivity contribution in [3.63, 3.8) is 0 Å². The topological polar surface area (TPSA) is 58.2 Å². The minimum absolute atomic E-state index is 0.0578. The number of hydrogen-bond acceptors (Lipinski definition) is 2. The Morgan fingerprint density at radius 3 is 2.17 bits per heavy atom. The lowest BCUT2D eigenvalue weighted by Gasteiger charge is -2.09. The first-order valence-electron chi connectivity index (χ1n) is 7.15. The Labute approximate surface area is 144 Å². The van der Waals surface area contributed by atoms with E-state index in [0.717, 1.165) is 6.42 Å². The van der Waals surface area contributed by atoms with Crippen molar-refractivity contribution in [1.82, 2.24) is 0 Å². The van der Waals surface area contributed by atoms with Gasteiger partial charge in [-0.15, -0.1) is 0 Å². The molecule has 0 saturated heterocycles. The number of anilines is 2. The molecular weight excluding hydrogens is 335 g/mol. The molecule has 4 nitrogen and oxygen atoms in total. The zero-order valence-corrected chi connectivity index (χ0v) is 14.0. The van der Waals surface area contributed by atoms with E-state index in [9.17, 15) is 9.59 Å². The summed E-state index contributed by atoms with van der Waals surface area (Å²) in [6.45, 7) is 1.94. The van der Waals surface area contributed by atoms with Gasteiger partial charge in [0.15, 0.2) is 0 Å². The summed E-state index contributed by atoms with van der Waals surface area (Å²) in [6.07, 6.45) is 1.23. The van der Waals surface area contributed by atoms with Gasteiger partial charge in [-0.2, -0.15) is 0 Å². The van der Waals surface area contributed by atoms with Crippen LogP contribution in [0.1, 0.15) is 30.1 Å². The number of benzene rings is 2. The van der Waals surface area contributed by atoms with Gasteiger partial charge < -0.3 is 10.6 Å². The van der Waals surface area contributed by atoms with E-state index in [0.29, 0.717) is 33.4 Å². The van der Waals surface area contributed by atoms with E-state index in [2.05, 4.69) is 10.6 Å². The van der Waals surface area contributed by atoms with E-state index in [-0.39, 0.29) is 11.8 Å². The summed E-state index contributed by atoms with van der Waals surface area (Å²) in [5, 5.41) is 6.32. The normalized spacial score (nSPS) is 10.2. The van der Waals surface area contributed by atoms with E-state index in [1.165, 1.54) is 12.1 Å². The highest BCUT2D eigenvalue weighted by atomic mass is 35.5. The average Bonchev–Trinajstić information content (AvgIpc) is 2.46. The molecule has 0 bridgehead atoms. The third kappa shape index (κ3) is 5.27. The number of hydrogen-bond donors (Lipinski definition) is 2. The first kappa shape index (κ1) is 17.3. The second kappa shape index (κ2) is 7.99. The largest absolute Gasteiger partial charge is 0.326 e. The summed E-state index contributed by atoms with van der Waals surface area (Å²) >= 11 is 11.8. The number of amides is 2. The van der Waals surface area contributed by atoms with Crippen molar-refractivity contribution >= 4 is 46.4 Å². The van der Waals surface area contributed by atoms with Gasteiger partial charge in [0.2, 0.25) is 5.91 Å². The van der Waals surface area contributed by atoms with Crippen LogP contribution in [0.5, 0.6) is 0 Å². The molecule has 0 unspecified atom stereocenters. The SMILES string of the molecule is CCCC(=O)Nc1cccc(NC(=O)c2cc(Cl)cc(Cl)c2)c1. The third-order valence-corrected chi connectivity index (χ3v) is 3.44.